The second-order valence-corrected chi connectivity index (χ2v) is 20.4. The average Bonchev–Trinajstić information content (AvgIpc) is 3.51. The van der Waals surface area contributed by atoms with Crippen LogP contribution in [0.15, 0.2) is 71.0 Å². The quantitative estimate of drug-likeness (QED) is 0.0924. The highest BCUT2D eigenvalue weighted by Crippen LogP contribution is 2.46. The van der Waals surface area contributed by atoms with E-state index in [0.717, 1.165) is 30.8 Å². The van der Waals surface area contributed by atoms with Crippen molar-refractivity contribution >= 4 is 66.7 Å². The first-order valence-electron chi connectivity index (χ1n) is 22.4. The number of hydrogen-bond acceptors (Lipinski definition) is 13. The third-order valence-corrected chi connectivity index (χ3v) is 14.0. The van der Waals surface area contributed by atoms with Gasteiger partial charge >= 0.3 is 0 Å². The molecule has 3 aliphatic rings. The summed E-state index contributed by atoms with van der Waals surface area (Å²) in [7, 11) is -2.80. The Hall–Kier alpha value is -5.75. The van der Waals surface area contributed by atoms with Gasteiger partial charge in [0.15, 0.2) is 5.13 Å². The zero-order valence-corrected chi connectivity index (χ0v) is 39.4. The van der Waals surface area contributed by atoms with Gasteiger partial charge in [0, 0.05) is 67.2 Å². The van der Waals surface area contributed by atoms with E-state index in [9.17, 15) is 27.6 Å². The Morgan fingerprint density at radius 2 is 1.83 bits per heavy atom. The Labute approximate surface area is 384 Å². The van der Waals surface area contributed by atoms with E-state index in [1.54, 1.807) is 43.5 Å². The molecule has 7 rings (SSSR count). The minimum absolute atomic E-state index is 0.0144. The fraction of sp³-hybridized carbons (Fsp3) is 0.489. The van der Waals surface area contributed by atoms with Crippen molar-refractivity contribution in [3.63, 3.8) is 0 Å². The number of hydrogen-bond donors (Lipinski definition) is 5. The van der Waals surface area contributed by atoms with Crippen LogP contribution in [0, 0.1) is 11.8 Å². The average molecular weight is 929 g/mol. The van der Waals surface area contributed by atoms with E-state index in [2.05, 4.69) is 26.0 Å². The highest BCUT2D eigenvalue weighted by molar-refractivity contribution is 7.90. The van der Waals surface area contributed by atoms with Crippen LogP contribution in [-0.4, -0.2) is 96.9 Å². The molecule has 2 fully saturated rings. The van der Waals surface area contributed by atoms with E-state index in [1.807, 2.05) is 51.3 Å². The van der Waals surface area contributed by atoms with Gasteiger partial charge in [-0.3, -0.25) is 19.2 Å². The number of carbonyl (C=O) groups excluding carboxylic acids is 4. The number of amides is 4. The van der Waals surface area contributed by atoms with E-state index >= 15 is 0 Å². The third-order valence-electron chi connectivity index (χ3n) is 11.8. The molecule has 5 N–H and O–H groups in total. The normalized spacial score (nSPS) is 22.9. The molecule has 1 unspecified atom stereocenters. The molecule has 0 spiro atoms. The summed E-state index contributed by atoms with van der Waals surface area (Å²) in [6.07, 6.45) is 7.21. The predicted molar refractivity (Wildman–Crippen MR) is 251 cm³/mol. The lowest BCUT2D eigenvalue weighted by molar-refractivity contribution is -0.140. The molecule has 16 nitrogen and oxygen atoms in total. The highest BCUT2D eigenvalue weighted by Gasteiger charge is 2.61. The van der Waals surface area contributed by atoms with Gasteiger partial charge in [-0.05, 0) is 76.1 Å². The lowest BCUT2D eigenvalue weighted by atomic mass is 10.00. The van der Waals surface area contributed by atoms with Crippen LogP contribution in [0.4, 0.5) is 10.8 Å². The van der Waals surface area contributed by atoms with Gasteiger partial charge in [0.05, 0.1) is 30.6 Å². The maximum absolute atomic E-state index is 14.8. The molecular formula is C47H60N8O8S2. The topological polar surface area (TPSA) is 210 Å². The standard InChI is InChI=1S/C47H60N8O8S2/c1-28(2)20-32(50-30(5)56)21-43(57)55-26-34(63-41-24-38(39-27-64-46(52-39)49-29(3)4)51-37-22-33(62-6)17-18-35(37)41)23-40(55)44(58)53-47-25-31(47)14-10-8-7-9-13-19-48-36-15-11-12-16-42(36)65(60,61)54-45(47)59/h10-12,14-18,22,24,27-29,31-32,34,40,48H,7-9,13,19-21,23,25-26H2,1-6H3,(H,49,52)(H,50,56)(H,53,58)(H,54,59)/b14-10-/t31?,32-,34+,40-,47+/m0/s1. The molecule has 348 valence electrons. The molecule has 2 aromatic heterocycles. The van der Waals surface area contributed by atoms with Gasteiger partial charge in [0.2, 0.25) is 17.7 Å². The third kappa shape index (κ3) is 11.4. The van der Waals surface area contributed by atoms with Crippen molar-refractivity contribution in [3.8, 4) is 22.9 Å². The van der Waals surface area contributed by atoms with Crippen molar-refractivity contribution in [1.29, 1.82) is 0 Å². The molecule has 65 heavy (non-hydrogen) atoms. The first-order chi connectivity index (χ1) is 31.0. The molecule has 4 amide bonds. The monoisotopic (exact) mass is 928 g/mol. The van der Waals surface area contributed by atoms with Crippen molar-refractivity contribution < 1.29 is 37.1 Å². The predicted octanol–water partition coefficient (Wildman–Crippen LogP) is 6.40. The molecule has 5 atom stereocenters. The van der Waals surface area contributed by atoms with Crippen LogP contribution in [0.2, 0.25) is 0 Å². The molecule has 1 saturated heterocycles. The summed E-state index contributed by atoms with van der Waals surface area (Å²) in [5, 5.41) is 15.7. The summed E-state index contributed by atoms with van der Waals surface area (Å²) < 4.78 is 42.3. The number of nitrogens with one attached hydrogen (secondary N) is 5. The van der Waals surface area contributed by atoms with E-state index in [0.29, 0.717) is 52.4 Å². The zero-order valence-electron chi connectivity index (χ0n) is 37.8. The number of carbonyl (C=O) groups is 4. The Morgan fingerprint density at radius 1 is 1.03 bits per heavy atom. The molecule has 0 radical (unpaired) electrons. The van der Waals surface area contributed by atoms with Gasteiger partial charge in [-0.2, -0.15) is 0 Å². The van der Waals surface area contributed by atoms with Crippen LogP contribution in [0.5, 0.6) is 11.5 Å². The number of rotatable bonds is 13. The van der Waals surface area contributed by atoms with Gasteiger partial charge in [0.1, 0.15) is 39.8 Å². The van der Waals surface area contributed by atoms with Gasteiger partial charge in [0.25, 0.3) is 15.9 Å². The Kier molecular flexibility index (Phi) is 14.7. The number of aromatic nitrogens is 2. The molecule has 2 aliphatic heterocycles. The van der Waals surface area contributed by atoms with Crippen molar-refractivity contribution in [3.05, 3.63) is 66.1 Å². The van der Waals surface area contributed by atoms with E-state index in [1.165, 1.54) is 29.2 Å². The van der Waals surface area contributed by atoms with Crippen molar-refractivity contribution in [2.45, 2.75) is 121 Å². The number of thiazole rings is 1. The molecule has 1 saturated carbocycles. The summed E-state index contributed by atoms with van der Waals surface area (Å²) in [6.45, 7) is 10.0. The van der Waals surface area contributed by atoms with Crippen LogP contribution in [0.3, 0.4) is 0 Å². The second-order valence-electron chi connectivity index (χ2n) is 17.9. The first-order valence-corrected chi connectivity index (χ1v) is 24.7. The minimum atomic E-state index is -4.38. The van der Waals surface area contributed by atoms with Crippen molar-refractivity contribution in [2.75, 3.05) is 30.8 Å². The number of likely N-dealkylation sites (tertiary alicyclic amines) is 1. The lowest BCUT2D eigenvalue weighted by Gasteiger charge is -2.28. The van der Waals surface area contributed by atoms with Crippen molar-refractivity contribution in [2.24, 2.45) is 11.8 Å². The molecule has 18 heteroatoms. The Morgan fingerprint density at radius 3 is 2.58 bits per heavy atom. The molecule has 0 bridgehead atoms. The van der Waals surface area contributed by atoms with Gasteiger partial charge in [-0.1, -0.05) is 44.6 Å². The maximum atomic E-state index is 14.8. The largest absolute Gasteiger partial charge is 0.497 e. The smallest absolute Gasteiger partial charge is 0.266 e. The van der Waals surface area contributed by atoms with Crippen LogP contribution in [0.25, 0.3) is 22.3 Å². The molecule has 4 heterocycles. The van der Waals surface area contributed by atoms with Gasteiger partial charge < -0.3 is 35.6 Å². The fourth-order valence-corrected chi connectivity index (χ4v) is 10.7. The number of methoxy groups -OCH3 is 1. The SMILES string of the molecule is COc1ccc2c(O[C@@H]3C[C@@H](C(=O)N[C@]45CC4/C=C\CCCCCNc4ccccc4S(=O)(=O)NC5=O)N(C(=O)C[C@H](CC(C)C)NC(C)=O)C3)cc(-c3csc(NC(C)C)n3)nc2c1. The minimum Gasteiger partial charge on any atom is -0.497 e. The van der Waals surface area contributed by atoms with Crippen LogP contribution >= 0.6 is 11.3 Å². The van der Waals surface area contributed by atoms with Crippen LogP contribution < -0.4 is 35.5 Å². The lowest BCUT2D eigenvalue weighted by Crippen LogP contribution is -2.56. The molecule has 2 aromatic carbocycles. The zero-order chi connectivity index (χ0) is 46.5. The van der Waals surface area contributed by atoms with E-state index in [4.69, 9.17) is 19.4 Å². The highest BCUT2D eigenvalue weighted by atomic mass is 32.2. The Balaban J connectivity index is 1.21. The first kappa shape index (κ1) is 47.2. The number of nitrogens with zero attached hydrogens (tertiary/aromatic N) is 3. The molecular weight excluding hydrogens is 869 g/mol. The number of anilines is 2. The summed E-state index contributed by atoms with van der Waals surface area (Å²) in [5.74, 6) is -1.42. The number of benzene rings is 2. The van der Waals surface area contributed by atoms with Crippen molar-refractivity contribution in [1.82, 2.24) is 30.2 Å². The number of para-hydroxylation sites is 1. The van der Waals surface area contributed by atoms with Gasteiger partial charge in [-0.15, -0.1) is 11.3 Å². The van der Waals surface area contributed by atoms with Gasteiger partial charge in [-0.25, -0.2) is 23.1 Å². The number of pyridine rings is 1. The number of fused-ring (bicyclic) bond motifs is 3. The fourth-order valence-electron chi connectivity index (χ4n) is 8.65. The van der Waals surface area contributed by atoms with E-state index in [-0.39, 0.29) is 54.5 Å². The summed E-state index contributed by atoms with van der Waals surface area (Å²) in [5.41, 5.74) is 0.551. The second kappa shape index (κ2) is 20.2. The summed E-state index contributed by atoms with van der Waals surface area (Å²) >= 11 is 1.46. The van der Waals surface area contributed by atoms with Crippen LogP contribution in [-0.2, 0) is 29.2 Å². The number of ether oxygens (including phenoxy) is 2. The molecule has 1 aliphatic carbocycles. The summed E-state index contributed by atoms with van der Waals surface area (Å²) in [6, 6.07) is 12.2. The number of allylic oxidation sites excluding steroid dienone is 1. The summed E-state index contributed by atoms with van der Waals surface area (Å²) in [4.78, 5) is 66.9. The van der Waals surface area contributed by atoms with E-state index < -0.39 is 51.5 Å². The number of sulfonamides is 1. The van der Waals surface area contributed by atoms with Crippen LogP contribution in [0.1, 0.15) is 86.0 Å². The Bertz CT molecular complexity index is 2550. The maximum Gasteiger partial charge on any atom is 0.266 e. The molecule has 4 aromatic rings.